The molecule has 0 spiro atoms. The largest absolute Gasteiger partial charge is 0.468 e. The Morgan fingerprint density at radius 3 is 2.60 bits per heavy atom. The molecule has 1 aliphatic rings. The van der Waals surface area contributed by atoms with Gasteiger partial charge in [-0.25, -0.2) is 0 Å². The maximum atomic E-state index is 12.9. The van der Waals surface area contributed by atoms with E-state index in [-0.39, 0.29) is 18.4 Å². The number of hydrogen-bond acceptors (Lipinski definition) is 4. The van der Waals surface area contributed by atoms with E-state index in [1.54, 1.807) is 6.26 Å². The van der Waals surface area contributed by atoms with Crippen LogP contribution in [0, 0.1) is 0 Å². The molecule has 0 unspecified atom stereocenters. The minimum atomic E-state index is -0.119. The lowest BCUT2D eigenvalue weighted by Crippen LogP contribution is -2.37. The predicted octanol–water partition coefficient (Wildman–Crippen LogP) is 3.70. The van der Waals surface area contributed by atoms with Gasteiger partial charge in [0.2, 0.25) is 11.8 Å². The summed E-state index contributed by atoms with van der Waals surface area (Å²) >= 11 is 0. The van der Waals surface area contributed by atoms with Crippen molar-refractivity contribution >= 4 is 23.2 Å². The van der Waals surface area contributed by atoms with E-state index in [4.69, 9.17) is 4.42 Å². The normalized spacial score (nSPS) is 12.8. The Labute approximate surface area is 176 Å². The number of anilines is 2. The number of nitrogens with one attached hydrogen (secondary N) is 1. The Morgan fingerprint density at radius 1 is 1.00 bits per heavy atom. The van der Waals surface area contributed by atoms with Gasteiger partial charge >= 0.3 is 0 Å². The number of hydrogen-bond donors (Lipinski definition) is 1. The van der Waals surface area contributed by atoms with Gasteiger partial charge in [0.1, 0.15) is 5.76 Å². The lowest BCUT2D eigenvalue weighted by molar-refractivity contribution is -0.120. The van der Waals surface area contributed by atoms with E-state index in [9.17, 15) is 9.59 Å². The SMILES string of the molecule is O=C(CN(CCC(=O)N1CCc2ccccc21)Cc1ccco1)Nc1ccccc1. The van der Waals surface area contributed by atoms with Gasteiger partial charge in [0.05, 0.1) is 19.4 Å². The third kappa shape index (κ3) is 4.96. The Morgan fingerprint density at radius 2 is 1.80 bits per heavy atom. The van der Waals surface area contributed by atoms with Gasteiger partial charge in [0, 0.05) is 30.9 Å². The van der Waals surface area contributed by atoms with Crippen molar-refractivity contribution in [1.82, 2.24) is 4.90 Å². The third-order valence-corrected chi connectivity index (χ3v) is 5.21. The van der Waals surface area contributed by atoms with Crippen molar-refractivity contribution in [2.24, 2.45) is 0 Å². The third-order valence-electron chi connectivity index (χ3n) is 5.21. The van der Waals surface area contributed by atoms with E-state index < -0.39 is 0 Å². The van der Waals surface area contributed by atoms with E-state index in [1.807, 2.05) is 70.5 Å². The number of rotatable bonds is 8. The van der Waals surface area contributed by atoms with Gasteiger partial charge in [-0.1, -0.05) is 36.4 Å². The van der Waals surface area contributed by atoms with Crippen molar-refractivity contribution in [3.63, 3.8) is 0 Å². The van der Waals surface area contributed by atoms with Crippen molar-refractivity contribution in [2.75, 3.05) is 29.9 Å². The van der Waals surface area contributed by atoms with Crippen LogP contribution in [0.5, 0.6) is 0 Å². The fourth-order valence-electron chi connectivity index (χ4n) is 3.75. The topological polar surface area (TPSA) is 65.8 Å². The van der Waals surface area contributed by atoms with Crippen LogP contribution in [-0.2, 0) is 22.6 Å². The molecule has 6 heteroatoms. The molecule has 2 amide bonds. The molecule has 1 aliphatic heterocycles. The molecular weight excluding hydrogens is 378 g/mol. The van der Waals surface area contributed by atoms with E-state index >= 15 is 0 Å². The molecule has 3 aromatic rings. The van der Waals surface area contributed by atoms with E-state index in [1.165, 1.54) is 5.56 Å². The van der Waals surface area contributed by atoms with Gasteiger partial charge in [0.15, 0.2) is 0 Å². The number of amides is 2. The average Bonchev–Trinajstić information content (AvgIpc) is 3.42. The molecule has 0 atom stereocenters. The Balaban J connectivity index is 1.37. The zero-order valence-corrected chi connectivity index (χ0v) is 16.8. The van der Waals surface area contributed by atoms with Crippen molar-refractivity contribution < 1.29 is 14.0 Å². The Kier molecular flexibility index (Phi) is 6.25. The Hall–Kier alpha value is -3.38. The summed E-state index contributed by atoms with van der Waals surface area (Å²) in [5.74, 6) is 0.723. The summed E-state index contributed by atoms with van der Waals surface area (Å²) in [6.07, 6.45) is 2.84. The number of carbonyl (C=O) groups is 2. The highest BCUT2D eigenvalue weighted by atomic mass is 16.3. The van der Waals surface area contributed by atoms with Crippen LogP contribution < -0.4 is 10.2 Å². The van der Waals surface area contributed by atoms with Crippen LogP contribution in [0.4, 0.5) is 11.4 Å². The van der Waals surface area contributed by atoms with Crippen molar-refractivity contribution in [3.8, 4) is 0 Å². The highest BCUT2D eigenvalue weighted by Gasteiger charge is 2.24. The molecular formula is C24H25N3O3. The number of para-hydroxylation sites is 2. The molecule has 0 aliphatic carbocycles. The van der Waals surface area contributed by atoms with Gasteiger partial charge < -0.3 is 14.6 Å². The minimum absolute atomic E-state index is 0.0767. The highest BCUT2D eigenvalue weighted by molar-refractivity contribution is 5.95. The first-order chi connectivity index (χ1) is 14.7. The molecule has 0 saturated heterocycles. The number of nitrogens with zero attached hydrogens (tertiary/aromatic N) is 2. The fourth-order valence-corrected chi connectivity index (χ4v) is 3.75. The molecule has 4 rings (SSSR count). The second kappa shape index (κ2) is 9.41. The standard InChI is InChI=1S/C24H25N3O3/c28-23(25-20-8-2-1-3-9-20)18-26(17-21-10-6-16-30-21)14-13-24(29)27-15-12-19-7-4-5-11-22(19)27/h1-11,16H,12-15,17-18H2,(H,25,28). The summed E-state index contributed by atoms with van der Waals surface area (Å²) in [6.45, 7) is 1.84. The summed E-state index contributed by atoms with van der Waals surface area (Å²) in [5.41, 5.74) is 2.97. The van der Waals surface area contributed by atoms with Crippen LogP contribution in [-0.4, -0.2) is 36.3 Å². The lowest BCUT2D eigenvalue weighted by Gasteiger charge is -2.23. The van der Waals surface area contributed by atoms with Crippen molar-refractivity contribution in [3.05, 3.63) is 84.3 Å². The molecule has 154 valence electrons. The first kappa shape index (κ1) is 19.9. The smallest absolute Gasteiger partial charge is 0.238 e. The van der Waals surface area contributed by atoms with Crippen LogP contribution in [0.2, 0.25) is 0 Å². The summed E-state index contributed by atoms with van der Waals surface area (Å²) in [4.78, 5) is 29.2. The van der Waals surface area contributed by atoms with Crippen molar-refractivity contribution in [1.29, 1.82) is 0 Å². The van der Waals surface area contributed by atoms with E-state index in [0.29, 0.717) is 26.1 Å². The average molecular weight is 403 g/mol. The zero-order chi connectivity index (χ0) is 20.8. The van der Waals surface area contributed by atoms with Gasteiger partial charge in [0.25, 0.3) is 0 Å². The van der Waals surface area contributed by atoms with Crippen LogP contribution in [0.15, 0.2) is 77.4 Å². The number of benzene rings is 2. The summed E-state index contributed by atoms with van der Waals surface area (Å²) in [5, 5.41) is 2.90. The van der Waals surface area contributed by atoms with Gasteiger partial charge in [-0.2, -0.15) is 0 Å². The predicted molar refractivity (Wildman–Crippen MR) is 116 cm³/mol. The highest BCUT2D eigenvalue weighted by Crippen LogP contribution is 2.27. The fraction of sp³-hybridized carbons (Fsp3) is 0.250. The molecule has 0 radical (unpaired) electrons. The maximum Gasteiger partial charge on any atom is 0.238 e. The molecule has 1 aromatic heterocycles. The second-order valence-corrected chi connectivity index (χ2v) is 7.38. The molecule has 2 aromatic carbocycles. The Bertz CT molecular complexity index is 986. The lowest BCUT2D eigenvalue weighted by atomic mass is 10.2. The van der Waals surface area contributed by atoms with Crippen LogP contribution in [0.3, 0.4) is 0 Å². The zero-order valence-electron chi connectivity index (χ0n) is 16.8. The minimum Gasteiger partial charge on any atom is -0.468 e. The van der Waals surface area contributed by atoms with Gasteiger partial charge in [-0.15, -0.1) is 0 Å². The second-order valence-electron chi connectivity index (χ2n) is 7.38. The summed E-state index contributed by atoms with van der Waals surface area (Å²) in [7, 11) is 0. The molecule has 0 saturated carbocycles. The van der Waals surface area contributed by atoms with Crippen LogP contribution in [0.1, 0.15) is 17.7 Å². The number of carbonyl (C=O) groups excluding carboxylic acids is 2. The van der Waals surface area contributed by atoms with Crippen LogP contribution in [0.25, 0.3) is 0 Å². The first-order valence-corrected chi connectivity index (χ1v) is 10.2. The molecule has 2 heterocycles. The summed E-state index contributed by atoms with van der Waals surface area (Å²) in [6, 6.07) is 21.1. The maximum absolute atomic E-state index is 12.9. The first-order valence-electron chi connectivity index (χ1n) is 10.2. The van der Waals surface area contributed by atoms with Crippen LogP contribution >= 0.6 is 0 Å². The number of furan rings is 1. The van der Waals surface area contributed by atoms with Crippen molar-refractivity contribution in [2.45, 2.75) is 19.4 Å². The van der Waals surface area contributed by atoms with E-state index in [0.717, 1.165) is 23.6 Å². The molecule has 30 heavy (non-hydrogen) atoms. The molecule has 1 N–H and O–H groups in total. The van der Waals surface area contributed by atoms with E-state index in [2.05, 4.69) is 11.4 Å². The molecule has 6 nitrogen and oxygen atoms in total. The van der Waals surface area contributed by atoms with Gasteiger partial charge in [-0.05, 0) is 42.3 Å². The molecule has 0 fully saturated rings. The van der Waals surface area contributed by atoms with Gasteiger partial charge in [-0.3, -0.25) is 14.5 Å². The monoisotopic (exact) mass is 403 g/mol. The molecule has 0 bridgehead atoms. The summed E-state index contributed by atoms with van der Waals surface area (Å²) < 4.78 is 5.45. The number of fused-ring (bicyclic) bond motifs is 1. The quantitative estimate of drug-likeness (QED) is 0.623.